The molecule has 2 N–H and O–H groups in total. The van der Waals surface area contributed by atoms with Gasteiger partial charge in [-0.3, -0.25) is 9.52 Å². The van der Waals surface area contributed by atoms with Crippen molar-refractivity contribution in [3.63, 3.8) is 0 Å². The lowest BCUT2D eigenvalue weighted by molar-refractivity contribution is 0.0950. The van der Waals surface area contributed by atoms with Crippen molar-refractivity contribution in [2.24, 2.45) is 0 Å². The topological polar surface area (TPSA) is 93.7 Å². The summed E-state index contributed by atoms with van der Waals surface area (Å²) in [6.07, 6.45) is 0. The molecule has 0 radical (unpaired) electrons. The number of anilines is 1. The fourth-order valence-corrected chi connectivity index (χ4v) is 4.16. The van der Waals surface area contributed by atoms with Gasteiger partial charge in [-0.1, -0.05) is 12.1 Å². The van der Waals surface area contributed by atoms with Crippen LogP contribution in [0.1, 0.15) is 21.5 Å². The van der Waals surface area contributed by atoms with Gasteiger partial charge in [0, 0.05) is 17.8 Å². The Bertz CT molecular complexity index is 1240. The Kier molecular flexibility index (Phi) is 5.51. The highest BCUT2D eigenvalue weighted by atomic mass is 32.2. The quantitative estimate of drug-likeness (QED) is 0.609. The highest BCUT2D eigenvalue weighted by Crippen LogP contribution is 2.32. The third-order valence-corrected chi connectivity index (χ3v) is 6.13. The van der Waals surface area contributed by atoms with Crippen molar-refractivity contribution in [2.75, 3.05) is 11.5 Å². The number of ether oxygens (including phenoxy) is 2. The van der Waals surface area contributed by atoms with Crippen molar-refractivity contribution >= 4 is 21.6 Å². The minimum absolute atomic E-state index is 0.0735. The smallest absolute Gasteiger partial charge is 0.261 e. The number of nitrogens with one attached hydrogen (secondary N) is 2. The molecule has 0 unspecified atom stereocenters. The van der Waals surface area contributed by atoms with Crippen LogP contribution in [0.15, 0.2) is 65.6 Å². The summed E-state index contributed by atoms with van der Waals surface area (Å²) >= 11 is 0. The molecule has 1 amide bonds. The molecule has 0 saturated heterocycles. The summed E-state index contributed by atoms with van der Waals surface area (Å²) in [6, 6.07) is 14.6. The molecule has 0 aliphatic carbocycles. The van der Waals surface area contributed by atoms with Crippen LogP contribution in [0.4, 0.5) is 10.1 Å². The van der Waals surface area contributed by atoms with Crippen LogP contribution in [0, 0.1) is 12.7 Å². The molecule has 0 spiro atoms. The van der Waals surface area contributed by atoms with Crippen molar-refractivity contribution < 1.29 is 27.1 Å². The molecular formula is C22H19FN2O5S. The number of halogens is 1. The number of fused-ring (bicyclic) bond motifs is 1. The van der Waals surface area contributed by atoms with E-state index in [1.165, 1.54) is 24.3 Å². The lowest BCUT2D eigenvalue weighted by Crippen LogP contribution is -2.24. The fourth-order valence-electron chi connectivity index (χ4n) is 3.07. The summed E-state index contributed by atoms with van der Waals surface area (Å²) in [6.45, 7) is 2.12. The van der Waals surface area contributed by atoms with Gasteiger partial charge in [-0.25, -0.2) is 12.8 Å². The van der Waals surface area contributed by atoms with Crippen LogP contribution in [0.3, 0.4) is 0 Å². The fraction of sp³-hybridized carbons (Fsp3) is 0.136. The maximum atomic E-state index is 13.1. The van der Waals surface area contributed by atoms with E-state index in [-0.39, 0.29) is 29.5 Å². The minimum Gasteiger partial charge on any atom is -0.454 e. The predicted octanol–water partition coefficient (Wildman–Crippen LogP) is 3.59. The molecule has 0 aromatic heterocycles. The first-order valence-electron chi connectivity index (χ1n) is 9.37. The average Bonchev–Trinajstić information content (AvgIpc) is 3.21. The molecule has 9 heteroatoms. The van der Waals surface area contributed by atoms with Gasteiger partial charge in [0.2, 0.25) is 6.79 Å². The Morgan fingerprint density at radius 3 is 2.52 bits per heavy atom. The normalized spacial score (nSPS) is 12.5. The SMILES string of the molecule is Cc1ccc(S(=O)(=O)Nc2ccc(F)cc2)cc1C(=O)NCc1ccc2c(c1)OCO2. The highest BCUT2D eigenvalue weighted by molar-refractivity contribution is 7.92. The van der Waals surface area contributed by atoms with Gasteiger partial charge in [0.1, 0.15) is 5.82 Å². The molecule has 31 heavy (non-hydrogen) atoms. The molecule has 3 aromatic rings. The van der Waals surface area contributed by atoms with Gasteiger partial charge in [-0.05, 0) is 66.6 Å². The average molecular weight is 442 g/mol. The maximum absolute atomic E-state index is 13.1. The predicted molar refractivity (Wildman–Crippen MR) is 112 cm³/mol. The lowest BCUT2D eigenvalue weighted by Gasteiger charge is -2.12. The zero-order chi connectivity index (χ0) is 22.0. The zero-order valence-electron chi connectivity index (χ0n) is 16.5. The number of sulfonamides is 1. The summed E-state index contributed by atoms with van der Waals surface area (Å²) in [5, 5.41) is 2.79. The van der Waals surface area contributed by atoms with Crippen LogP contribution >= 0.6 is 0 Å². The molecule has 3 aromatic carbocycles. The second-order valence-electron chi connectivity index (χ2n) is 6.96. The molecule has 0 fully saturated rings. The molecule has 1 heterocycles. The van der Waals surface area contributed by atoms with Gasteiger partial charge in [0.25, 0.3) is 15.9 Å². The Balaban J connectivity index is 1.50. The largest absolute Gasteiger partial charge is 0.454 e. The van der Waals surface area contributed by atoms with E-state index in [0.29, 0.717) is 17.1 Å². The second kappa shape index (κ2) is 8.27. The maximum Gasteiger partial charge on any atom is 0.261 e. The molecule has 7 nitrogen and oxygen atoms in total. The molecular weight excluding hydrogens is 423 g/mol. The minimum atomic E-state index is -3.96. The molecule has 0 saturated carbocycles. The first kappa shape index (κ1) is 20.7. The van der Waals surface area contributed by atoms with Crippen molar-refractivity contribution in [2.45, 2.75) is 18.4 Å². The summed E-state index contributed by atoms with van der Waals surface area (Å²) in [4.78, 5) is 12.7. The van der Waals surface area contributed by atoms with Crippen LogP contribution < -0.4 is 19.5 Å². The van der Waals surface area contributed by atoms with Crippen molar-refractivity contribution in [3.8, 4) is 11.5 Å². The number of amides is 1. The molecule has 1 aliphatic rings. The van der Waals surface area contributed by atoms with Gasteiger partial charge in [-0.2, -0.15) is 0 Å². The van der Waals surface area contributed by atoms with E-state index >= 15 is 0 Å². The van der Waals surface area contributed by atoms with E-state index in [4.69, 9.17) is 9.47 Å². The Morgan fingerprint density at radius 1 is 1.00 bits per heavy atom. The van der Waals surface area contributed by atoms with Gasteiger partial charge < -0.3 is 14.8 Å². The standard InChI is InChI=1S/C22H19FN2O5S/c1-14-2-8-18(31(27,28)25-17-6-4-16(23)5-7-17)11-19(14)22(26)24-12-15-3-9-20-21(10-15)30-13-29-20/h2-11,25H,12-13H2,1H3,(H,24,26). The van der Waals surface area contributed by atoms with Gasteiger partial charge >= 0.3 is 0 Å². The first-order chi connectivity index (χ1) is 14.8. The van der Waals surface area contributed by atoms with E-state index < -0.39 is 21.7 Å². The van der Waals surface area contributed by atoms with Crippen molar-refractivity contribution in [3.05, 3.63) is 83.2 Å². The van der Waals surface area contributed by atoms with E-state index in [2.05, 4.69) is 10.0 Å². The third kappa shape index (κ3) is 4.61. The number of hydrogen-bond acceptors (Lipinski definition) is 5. The Labute approximate surface area is 178 Å². The third-order valence-electron chi connectivity index (χ3n) is 4.75. The van der Waals surface area contributed by atoms with E-state index in [0.717, 1.165) is 17.7 Å². The number of carbonyl (C=O) groups excluding carboxylic acids is 1. The van der Waals surface area contributed by atoms with E-state index in [9.17, 15) is 17.6 Å². The molecule has 0 bridgehead atoms. The van der Waals surface area contributed by atoms with E-state index in [1.807, 2.05) is 6.07 Å². The number of carbonyl (C=O) groups is 1. The van der Waals surface area contributed by atoms with Gasteiger partial charge in [-0.15, -0.1) is 0 Å². The van der Waals surface area contributed by atoms with Crippen LogP contribution in [0.2, 0.25) is 0 Å². The summed E-state index contributed by atoms with van der Waals surface area (Å²) in [5.74, 6) is 0.383. The van der Waals surface area contributed by atoms with Gasteiger partial charge in [0.15, 0.2) is 11.5 Å². The Hall–Kier alpha value is -3.59. The van der Waals surface area contributed by atoms with Crippen LogP contribution in [0.25, 0.3) is 0 Å². The number of aryl methyl sites for hydroxylation is 1. The first-order valence-corrected chi connectivity index (χ1v) is 10.9. The van der Waals surface area contributed by atoms with Crippen LogP contribution in [0.5, 0.6) is 11.5 Å². The van der Waals surface area contributed by atoms with Crippen molar-refractivity contribution in [1.29, 1.82) is 0 Å². The lowest BCUT2D eigenvalue weighted by atomic mass is 10.1. The van der Waals surface area contributed by atoms with Crippen LogP contribution in [-0.2, 0) is 16.6 Å². The highest BCUT2D eigenvalue weighted by Gasteiger charge is 2.19. The summed E-state index contributed by atoms with van der Waals surface area (Å²) in [7, 11) is -3.96. The summed E-state index contributed by atoms with van der Waals surface area (Å²) in [5.41, 5.74) is 1.90. The van der Waals surface area contributed by atoms with Gasteiger partial charge in [0.05, 0.1) is 4.90 Å². The molecule has 1 aliphatic heterocycles. The molecule has 0 atom stereocenters. The number of rotatable bonds is 6. The monoisotopic (exact) mass is 442 g/mol. The van der Waals surface area contributed by atoms with E-state index in [1.54, 1.807) is 25.1 Å². The summed E-state index contributed by atoms with van der Waals surface area (Å²) < 4.78 is 51.4. The second-order valence-corrected chi connectivity index (χ2v) is 8.64. The molecule has 4 rings (SSSR count). The zero-order valence-corrected chi connectivity index (χ0v) is 17.3. The Morgan fingerprint density at radius 2 is 1.74 bits per heavy atom. The molecule has 160 valence electrons. The van der Waals surface area contributed by atoms with Crippen molar-refractivity contribution in [1.82, 2.24) is 5.32 Å². The number of hydrogen-bond donors (Lipinski definition) is 2. The number of benzene rings is 3. The van der Waals surface area contributed by atoms with Crippen LogP contribution in [-0.4, -0.2) is 21.1 Å².